The van der Waals surface area contributed by atoms with Gasteiger partial charge in [-0.3, -0.25) is 34.6 Å². The zero-order chi connectivity index (χ0) is 29.5. The van der Waals surface area contributed by atoms with Crippen molar-refractivity contribution in [3.63, 3.8) is 0 Å². The zero-order valence-electron chi connectivity index (χ0n) is 19.4. The van der Waals surface area contributed by atoms with Crippen LogP contribution in [0.5, 0.6) is 0 Å². The van der Waals surface area contributed by atoms with Crippen molar-refractivity contribution >= 4 is 98.7 Å². The summed E-state index contributed by atoms with van der Waals surface area (Å²) in [5.41, 5.74) is -1.70. The molecule has 17 heteroatoms. The van der Waals surface area contributed by atoms with Crippen LogP contribution in [0.1, 0.15) is 15.9 Å². The van der Waals surface area contributed by atoms with Gasteiger partial charge in [-0.05, 0) is 6.07 Å². The van der Waals surface area contributed by atoms with E-state index in [-0.39, 0.29) is 15.6 Å². The number of nitro groups is 2. The first-order chi connectivity index (χ1) is 18.6. The predicted molar refractivity (Wildman–Crippen MR) is 145 cm³/mol. The van der Waals surface area contributed by atoms with E-state index in [9.17, 15) is 34.6 Å². The summed E-state index contributed by atoms with van der Waals surface area (Å²) in [6.45, 7) is -0.731. The maximum Gasteiger partial charge on any atom is 0.282 e. The number of benzene rings is 2. The van der Waals surface area contributed by atoms with Crippen molar-refractivity contribution < 1.29 is 24.2 Å². The third-order valence-corrected chi connectivity index (χ3v) is 11.5. The quantitative estimate of drug-likeness (QED) is 0.171. The molecule has 1 saturated carbocycles. The van der Waals surface area contributed by atoms with Gasteiger partial charge in [0, 0.05) is 12.1 Å². The molecule has 3 aliphatic rings. The van der Waals surface area contributed by atoms with Crippen molar-refractivity contribution in [3.8, 4) is 0 Å². The number of halogens is 6. The van der Waals surface area contributed by atoms with Crippen molar-refractivity contribution in [2.24, 2.45) is 11.8 Å². The highest BCUT2D eigenvalue weighted by atomic mass is 35.5. The second-order valence-electron chi connectivity index (χ2n) is 9.09. The lowest BCUT2D eigenvalue weighted by Crippen LogP contribution is -2.55. The third kappa shape index (κ3) is 3.48. The summed E-state index contributed by atoms with van der Waals surface area (Å²) in [7, 11) is 0. The number of hydrazine groups is 1. The highest BCUT2D eigenvalue weighted by Gasteiger charge is 2.88. The molecule has 0 spiro atoms. The van der Waals surface area contributed by atoms with Gasteiger partial charge in [0.25, 0.3) is 29.1 Å². The fraction of sp³-hybridized carbons (Fsp3) is 0.261. The maximum absolute atomic E-state index is 13.9. The van der Waals surface area contributed by atoms with Gasteiger partial charge in [-0.1, -0.05) is 76.7 Å². The Kier molecular flexibility index (Phi) is 6.80. The number of nitro benzene ring substituents is 2. The van der Waals surface area contributed by atoms with Crippen molar-refractivity contribution in [1.29, 1.82) is 0 Å². The summed E-state index contributed by atoms with van der Waals surface area (Å²) >= 11 is 39.1. The number of rotatable bonds is 6. The second-order valence-corrected chi connectivity index (χ2v) is 12.4. The lowest BCUT2D eigenvalue weighted by atomic mass is 9.84. The van der Waals surface area contributed by atoms with Crippen molar-refractivity contribution in [3.05, 3.63) is 90.0 Å². The van der Waals surface area contributed by atoms with Crippen LogP contribution in [0.3, 0.4) is 0 Å². The first kappa shape index (κ1) is 28.8. The van der Waals surface area contributed by atoms with Crippen molar-refractivity contribution in [1.82, 2.24) is 10.0 Å². The Morgan fingerprint density at radius 2 is 1.27 bits per heavy atom. The number of para-hydroxylation sites is 2. The molecule has 5 rings (SSSR count). The maximum atomic E-state index is 13.9. The Labute approximate surface area is 254 Å². The molecule has 2 aromatic rings. The topological polar surface area (TPSA) is 144 Å². The van der Waals surface area contributed by atoms with Gasteiger partial charge in [-0.25, -0.2) is 5.01 Å². The van der Waals surface area contributed by atoms with Gasteiger partial charge < -0.3 is 0 Å². The number of nitrogens with zero attached hydrogens (tertiary/aromatic N) is 4. The van der Waals surface area contributed by atoms with Gasteiger partial charge in [0.1, 0.15) is 15.3 Å². The van der Waals surface area contributed by atoms with E-state index in [1.807, 2.05) is 0 Å². The zero-order valence-corrected chi connectivity index (χ0v) is 23.9. The van der Waals surface area contributed by atoms with Crippen LogP contribution in [-0.4, -0.2) is 51.7 Å². The molecule has 2 bridgehead atoms. The highest BCUT2D eigenvalue weighted by Crippen LogP contribution is 2.77. The van der Waals surface area contributed by atoms with E-state index in [1.165, 1.54) is 30.3 Å². The Bertz CT molecular complexity index is 1540. The van der Waals surface area contributed by atoms with Gasteiger partial charge in [-0.2, -0.15) is 5.01 Å². The number of carbonyl (C=O) groups excluding carboxylic acids is 3. The molecule has 208 valence electrons. The predicted octanol–water partition coefficient (Wildman–Crippen LogP) is 5.51. The second kappa shape index (κ2) is 9.43. The summed E-state index contributed by atoms with van der Waals surface area (Å²) in [6, 6.07) is 10.0. The van der Waals surface area contributed by atoms with Gasteiger partial charge in [0.2, 0.25) is 0 Å². The molecule has 2 fully saturated rings. The average Bonchev–Trinajstić information content (AvgIpc) is 3.30. The summed E-state index contributed by atoms with van der Waals surface area (Å²) in [6.07, 6.45) is 0. The van der Waals surface area contributed by atoms with Crippen LogP contribution in [0.4, 0.5) is 11.4 Å². The van der Waals surface area contributed by atoms with Crippen LogP contribution in [0, 0.1) is 32.1 Å². The monoisotopic (exact) mass is 666 g/mol. The Hall–Kier alpha value is -2.67. The standard InChI is InChI=1S/C23H12Cl6N4O7/c24-16-17(25)22(27)15-14(21(16,26)23(22,28)29)19(35)31(20(15)36)30(9-10-5-1-3-7-12(10)32(37)38)18(34)11-6-2-4-8-13(11)33(39)40/h1-8,14-15H,9H2/t14-,15-,21-,22-/m1/s1. The van der Waals surface area contributed by atoms with Crippen molar-refractivity contribution in [2.45, 2.75) is 20.6 Å². The molecule has 0 radical (unpaired) electrons. The lowest BCUT2D eigenvalue weighted by Gasteiger charge is -2.37. The number of fused-ring (bicyclic) bond motifs is 5. The molecule has 0 unspecified atom stereocenters. The number of hydrogen-bond donors (Lipinski definition) is 0. The smallest absolute Gasteiger partial charge is 0.272 e. The van der Waals surface area contributed by atoms with Gasteiger partial charge in [0.05, 0.1) is 43.9 Å². The first-order valence-corrected chi connectivity index (χ1v) is 13.4. The van der Waals surface area contributed by atoms with Gasteiger partial charge in [-0.15, -0.1) is 23.2 Å². The van der Waals surface area contributed by atoms with E-state index in [0.717, 1.165) is 18.2 Å². The number of allylic oxidation sites excluding steroid dienone is 2. The van der Waals surface area contributed by atoms with Crippen LogP contribution in [0.15, 0.2) is 58.6 Å². The number of carbonyl (C=O) groups is 3. The van der Waals surface area contributed by atoms with E-state index < -0.39 is 77.0 Å². The molecule has 1 saturated heterocycles. The van der Waals surface area contributed by atoms with Gasteiger partial charge in [0.15, 0.2) is 4.33 Å². The fourth-order valence-corrected chi connectivity index (χ4v) is 8.32. The van der Waals surface area contributed by atoms with Crippen LogP contribution in [0.25, 0.3) is 0 Å². The van der Waals surface area contributed by atoms with Crippen LogP contribution in [-0.2, 0) is 16.1 Å². The van der Waals surface area contributed by atoms with E-state index in [4.69, 9.17) is 69.6 Å². The number of hydrogen-bond acceptors (Lipinski definition) is 7. The van der Waals surface area contributed by atoms with Crippen LogP contribution < -0.4 is 0 Å². The van der Waals surface area contributed by atoms with Gasteiger partial charge >= 0.3 is 0 Å². The fourth-order valence-electron chi connectivity index (χ4n) is 5.39. The molecule has 1 aliphatic heterocycles. The molecule has 0 N–H and O–H groups in total. The molecule has 11 nitrogen and oxygen atoms in total. The third-order valence-electron chi connectivity index (χ3n) is 7.20. The molecule has 2 aliphatic carbocycles. The summed E-state index contributed by atoms with van der Waals surface area (Å²) in [4.78, 5) is 59.2. The molecule has 40 heavy (non-hydrogen) atoms. The number of amides is 3. The molecular formula is C23H12Cl6N4O7. The minimum absolute atomic E-state index is 0.0977. The Morgan fingerprint density at radius 1 is 0.825 bits per heavy atom. The van der Waals surface area contributed by atoms with E-state index in [2.05, 4.69) is 0 Å². The Morgan fingerprint density at radius 3 is 1.77 bits per heavy atom. The summed E-state index contributed by atoms with van der Waals surface area (Å²) < 4.78 is -2.24. The molecule has 2 aromatic carbocycles. The molecule has 1 heterocycles. The molecule has 0 aromatic heterocycles. The number of imide groups is 1. The van der Waals surface area contributed by atoms with Crippen LogP contribution >= 0.6 is 69.6 Å². The summed E-state index contributed by atoms with van der Waals surface area (Å²) in [5.74, 6) is -6.66. The normalized spacial score (nSPS) is 28.2. The lowest BCUT2D eigenvalue weighted by molar-refractivity contribution is -0.385. The molecular weight excluding hydrogens is 657 g/mol. The summed E-state index contributed by atoms with van der Waals surface area (Å²) in [5, 5.41) is 23.6. The highest BCUT2D eigenvalue weighted by molar-refractivity contribution is 6.66. The van der Waals surface area contributed by atoms with Crippen molar-refractivity contribution in [2.75, 3.05) is 0 Å². The minimum Gasteiger partial charge on any atom is -0.272 e. The van der Waals surface area contributed by atoms with E-state index in [1.54, 1.807) is 0 Å². The van der Waals surface area contributed by atoms with Crippen LogP contribution in [0.2, 0.25) is 0 Å². The molecule has 3 amide bonds. The van der Waals surface area contributed by atoms with E-state index in [0.29, 0.717) is 10.0 Å². The number of alkyl halides is 4. The largest absolute Gasteiger partial charge is 0.282 e. The molecule has 4 atom stereocenters. The first-order valence-electron chi connectivity index (χ1n) is 11.1. The minimum atomic E-state index is -2.24. The SMILES string of the molecule is O=C(c1ccccc1[N+](=O)[O-])N(Cc1ccccc1[N+](=O)[O-])N1C(=O)[C@H]2[C@H](C1=O)[C@@]1(Cl)C(Cl)=C(Cl)[C@@]2(Cl)C1(Cl)Cl. The van der Waals surface area contributed by atoms with E-state index >= 15 is 0 Å². The Balaban J connectivity index is 1.68. The average molecular weight is 669 g/mol.